The number of nitrogens with two attached hydrogens (primary N) is 1. The largest absolute Gasteiger partial charge is 0.370 e. The molecule has 0 aromatic carbocycles. The van der Waals surface area contributed by atoms with Gasteiger partial charge in [0, 0.05) is 18.8 Å². The molecule has 4 N–H and O–H groups in total. The van der Waals surface area contributed by atoms with Crippen LogP contribution in [-0.2, 0) is 14.4 Å². The highest BCUT2D eigenvalue weighted by atomic mass is 19.1. The zero-order valence-electron chi connectivity index (χ0n) is 16.1. The van der Waals surface area contributed by atoms with Gasteiger partial charge in [0.2, 0.25) is 5.91 Å². The number of hydrazine groups is 1. The molecule has 2 rings (SSSR count). The number of amides is 4. The molecular formula is C18H25FN6O4. The van der Waals surface area contributed by atoms with Crippen molar-refractivity contribution in [1.82, 2.24) is 25.7 Å². The Balaban J connectivity index is 2.10. The maximum Gasteiger partial charge on any atom is 0.275 e. The van der Waals surface area contributed by atoms with Crippen LogP contribution in [0.15, 0.2) is 18.6 Å². The minimum atomic E-state index is -1.89. The van der Waals surface area contributed by atoms with Gasteiger partial charge in [0.1, 0.15) is 11.7 Å². The lowest BCUT2D eigenvalue weighted by atomic mass is 9.80. The van der Waals surface area contributed by atoms with E-state index in [-0.39, 0.29) is 24.6 Å². The molecule has 2 atom stereocenters. The fourth-order valence-electron chi connectivity index (χ4n) is 2.81. The van der Waals surface area contributed by atoms with E-state index >= 15 is 0 Å². The van der Waals surface area contributed by atoms with E-state index in [1.54, 1.807) is 0 Å². The van der Waals surface area contributed by atoms with Crippen molar-refractivity contribution in [2.24, 2.45) is 11.7 Å². The molecular weight excluding hydrogens is 383 g/mol. The van der Waals surface area contributed by atoms with Crippen LogP contribution >= 0.6 is 0 Å². The number of carbonyl (C=O) groups is 4. The number of rotatable bonds is 9. The molecule has 1 saturated carbocycles. The highest BCUT2D eigenvalue weighted by Crippen LogP contribution is 2.30. The Kier molecular flexibility index (Phi) is 7.98. The molecule has 1 aromatic rings. The van der Waals surface area contributed by atoms with E-state index in [0.717, 1.165) is 31.2 Å². The fraction of sp³-hybridized carbons (Fsp3) is 0.556. The first-order chi connectivity index (χ1) is 13.8. The summed E-state index contributed by atoms with van der Waals surface area (Å²) < 4.78 is 13.5. The maximum atomic E-state index is 13.5. The van der Waals surface area contributed by atoms with E-state index < -0.39 is 35.8 Å². The van der Waals surface area contributed by atoms with Gasteiger partial charge >= 0.3 is 0 Å². The number of primary amides is 1. The van der Waals surface area contributed by atoms with E-state index in [1.807, 2.05) is 0 Å². The SMILES string of the molecule is CC(F)C(=O)N(CCC(N)=O)NC(=O)[C@H](CC1CCC1)NC(=O)c1cnccn1. The summed E-state index contributed by atoms with van der Waals surface area (Å²) in [4.78, 5) is 55.9. The number of nitrogens with zero attached hydrogens (tertiary/aromatic N) is 3. The molecule has 10 nitrogen and oxygen atoms in total. The van der Waals surface area contributed by atoms with E-state index in [9.17, 15) is 23.6 Å². The minimum absolute atomic E-state index is 0.0398. The average Bonchev–Trinajstić information content (AvgIpc) is 2.66. The zero-order chi connectivity index (χ0) is 21.4. The first-order valence-electron chi connectivity index (χ1n) is 9.39. The summed E-state index contributed by atoms with van der Waals surface area (Å²) in [5, 5.41) is 3.32. The summed E-state index contributed by atoms with van der Waals surface area (Å²) in [6.45, 7) is 0.746. The van der Waals surface area contributed by atoms with Gasteiger partial charge in [-0.3, -0.25) is 34.6 Å². The Bertz CT molecular complexity index is 741. The molecule has 158 valence electrons. The number of hydrogen-bond acceptors (Lipinski definition) is 6. The van der Waals surface area contributed by atoms with Gasteiger partial charge in [0.05, 0.1) is 12.7 Å². The summed E-state index contributed by atoms with van der Waals surface area (Å²) in [6.07, 6.45) is 5.15. The predicted molar refractivity (Wildman–Crippen MR) is 99.5 cm³/mol. The number of nitrogens with one attached hydrogen (secondary N) is 2. The van der Waals surface area contributed by atoms with Crippen LogP contribution in [-0.4, -0.2) is 57.4 Å². The molecule has 1 unspecified atom stereocenters. The van der Waals surface area contributed by atoms with Crippen molar-refractivity contribution in [2.45, 2.75) is 51.2 Å². The van der Waals surface area contributed by atoms with Crippen molar-refractivity contribution in [3.63, 3.8) is 0 Å². The fourth-order valence-corrected chi connectivity index (χ4v) is 2.81. The topological polar surface area (TPSA) is 147 Å². The summed E-state index contributed by atoms with van der Waals surface area (Å²) in [6, 6.07) is -0.964. The maximum absolute atomic E-state index is 13.5. The second-order valence-electron chi connectivity index (χ2n) is 6.95. The third kappa shape index (κ3) is 6.77. The summed E-state index contributed by atoms with van der Waals surface area (Å²) in [7, 11) is 0. The van der Waals surface area contributed by atoms with Crippen molar-refractivity contribution < 1.29 is 23.6 Å². The first-order valence-corrected chi connectivity index (χ1v) is 9.39. The molecule has 1 aliphatic carbocycles. The molecule has 11 heteroatoms. The van der Waals surface area contributed by atoms with Crippen molar-refractivity contribution in [1.29, 1.82) is 0 Å². The zero-order valence-corrected chi connectivity index (χ0v) is 16.1. The molecule has 4 amide bonds. The molecule has 0 saturated heterocycles. The molecule has 29 heavy (non-hydrogen) atoms. The molecule has 1 fully saturated rings. The number of hydrogen-bond donors (Lipinski definition) is 3. The second kappa shape index (κ2) is 10.4. The van der Waals surface area contributed by atoms with Gasteiger partial charge in [-0.2, -0.15) is 0 Å². The monoisotopic (exact) mass is 408 g/mol. The molecule has 1 aliphatic rings. The van der Waals surface area contributed by atoms with Crippen LogP contribution in [0.1, 0.15) is 49.5 Å². The molecule has 0 aliphatic heterocycles. The highest BCUT2D eigenvalue weighted by Gasteiger charge is 2.31. The van der Waals surface area contributed by atoms with Gasteiger partial charge < -0.3 is 11.1 Å². The normalized spacial score (nSPS) is 15.5. The number of alkyl halides is 1. The van der Waals surface area contributed by atoms with Gasteiger partial charge in [-0.25, -0.2) is 9.37 Å². The summed E-state index contributed by atoms with van der Waals surface area (Å²) in [5.41, 5.74) is 7.43. The summed E-state index contributed by atoms with van der Waals surface area (Å²) >= 11 is 0. The lowest BCUT2D eigenvalue weighted by Gasteiger charge is -2.31. The van der Waals surface area contributed by atoms with E-state index in [0.29, 0.717) is 6.42 Å². The lowest BCUT2D eigenvalue weighted by Crippen LogP contribution is -2.56. The van der Waals surface area contributed by atoms with Gasteiger partial charge in [0.25, 0.3) is 17.7 Å². The van der Waals surface area contributed by atoms with Gasteiger partial charge in [-0.1, -0.05) is 19.3 Å². The van der Waals surface area contributed by atoms with Gasteiger partial charge in [0.15, 0.2) is 6.17 Å². The van der Waals surface area contributed by atoms with Crippen molar-refractivity contribution >= 4 is 23.6 Å². The van der Waals surface area contributed by atoms with E-state index in [2.05, 4.69) is 20.7 Å². The Hall–Kier alpha value is -3.11. The number of aromatic nitrogens is 2. The summed E-state index contributed by atoms with van der Waals surface area (Å²) in [5.74, 6) is -2.74. The molecule has 0 spiro atoms. The van der Waals surface area contributed by atoms with Crippen LogP contribution in [0.5, 0.6) is 0 Å². The number of halogens is 1. The number of carbonyl (C=O) groups excluding carboxylic acids is 4. The van der Waals surface area contributed by atoms with Crippen LogP contribution in [0, 0.1) is 5.92 Å². The van der Waals surface area contributed by atoms with Crippen LogP contribution < -0.4 is 16.5 Å². The van der Waals surface area contributed by atoms with Gasteiger partial charge in [-0.15, -0.1) is 0 Å². The van der Waals surface area contributed by atoms with Crippen LogP contribution in [0.3, 0.4) is 0 Å². The minimum Gasteiger partial charge on any atom is -0.370 e. The quantitative estimate of drug-likeness (QED) is 0.485. The van der Waals surface area contributed by atoms with Crippen molar-refractivity contribution in [3.05, 3.63) is 24.3 Å². The standard InChI is InChI=1S/C18H25FN6O4/c1-11(19)18(29)25(8-5-15(20)26)24-17(28)13(9-12-3-2-4-12)23-16(27)14-10-21-6-7-22-14/h6-7,10-13H,2-5,8-9H2,1H3,(H2,20,26)(H,23,27)(H,24,28)/t11?,13-/m0/s1. The lowest BCUT2D eigenvalue weighted by molar-refractivity contribution is -0.146. The third-order valence-electron chi connectivity index (χ3n) is 4.64. The second-order valence-corrected chi connectivity index (χ2v) is 6.95. The van der Waals surface area contributed by atoms with Crippen molar-refractivity contribution in [2.75, 3.05) is 6.54 Å². The van der Waals surface area contributed by atoms with Crippen LogP contribution in [0.25, 0.3) is 0 Å². The Morgan fingerprint density at radius 1 is 1.31 bits per heavy atom. The smallest absolute Gasteiger partial charge is 0.275 e. The third-order valence-corrected chi connectivity index (χ3v) is 4.64. The predicted octanol–water partition coefficient (Wildman–Crippen LogP) is -0.142. The Morgan fingerprint density at radius 3 is 2.55 bits per heavy atom. The molecule has 0 radical (unpaired) electrons. The average molecular weight is 408 g/mol. The van der Waals surface area contributed by atoms with Crippen LogP contribution in [0.2, 0.25) is 0 Å². The Labute approximate surface area is 167 Å². The molecule has 1 heterocycles. The first kappa shape index (κ1) is 22.2. The van der Waals surface area contributed by atoms with Crippen molar-refractivity contribution in [3.8, 4) is 0 Å². The molecule has 0 bridgehead atoms. The highest BCUT2D eigenvalue weighted by molar-refractivity contribution is 5.96. The van der Waals surface area contributed by atoms with Gasteiger partial charge in [-0.05, 0) is 19.3 Å². The van der Waals surface area contributed by atoms with E-state index in [1.165, 1.54) is 18.6 Å². The molecule has 1 aromatic heterocycles. The Morgan fingerprint density at radius 2 is 2.03 bits per heavy atom. The van der Waals surface area contributed by atoms with E-state index in [4.69, 9.17) is 5.73 Å². The van der Waals surface area contributed by atoms with Crippen LogP contribution in [0.4, 0.5) is 4.39 Å².